The van der Waals surface area contributed by atoms with E-state index in [0.717, 1.165) is 10.9 Å². The Hall–Kier alpha value is -2.71. The van der Waals surface area contributed by atoms with Crippen molar-refractivity contribution in [2.75, 3.05) is 7.11 Å². The second kappa shape index (κ2) is 9.62. The number of ether oxygens (including phenoxy) is 2. The number of halogens is 2. The fourth-order valence-electron chi connectivity index (χ4n) is 2.96. The highest BCUT2D eigenvalue weighted by Gasteiger charge is 2.17. The maximum Gasteiger partial charge on any atom is 0.308 e. The van der Waals surface area contributed by atoms with Gasteiger partial charge in [0.15, 0.2) is 11.5 Å². The predicted octanol–water partition coefficient (Wildman–Crippen LogP) is 5.14. The Morgan fingerprint density at radius 3 is 2.74 bits per heavy atom. The molecule has 0 saturated heterocycles. The lowest BCUT2D eigenvalue weighted by molar-refractivity contribution is -0.132. The molecule has 0 bridgehead atoms. The van der Waals surface area contributed by atoms with Gasteiger partial charge in [0.25, 0.3) is 5.56 Å². The number of carbonyl (C=O) groups excluding carboxylic acids is 1. The lowest BCUT2D eigenvalue weighted by Crippen LogP contribution is -2.23. The number of rotatable bonds is 6. The average molecular weight is 507 g/mol. The van der Waals surface area contributed by atoms with Crippen molar-refractivity contribution in [3.8, 4) is 11.5 Å². The summed E-state index contributed by atoms with van der Waals surface area (Å²) in [7, 11) is 1.44. The van der Waals surface area contributed by atoms with Gasteiger partial charge in [0.1, 0.15) is 5.82 Å². The minimum Gasteiger partial charge on any atom is -0.493 e. The van der Waals surface area contributed by atoms with Crippen LogP contribution in [-0.4, -0.2) is 29.0 Å². The first-order valence-electron chi connectivity index (χ1n) is 9.57. The van der Waals surface area contributed by atoms with Crippen LogP contribution in [-0.2, 0) is 4.79 Å². The summed E-state index contributed by atoms with van der Waals surface area (Å²) in [4.78, 5) is 29.2. The summed E-state index contributed by atoms with van der Waals surface area (Å²) in [5.74, 6) is 0.470. The first-order chi connectivity index (χ1) is 14.7. The van der Waals surface area contributed by atoms with Gasteiger partial charge >= 0.3 is 5.97 Å². The van der Waals surface area contributed by atoms with Gasteiger partial charge in [-0.1, -0.05) is 41.4 Å². The van der Waals surface area contributed by atoms with Crippen LogP contribution in [0, 0.1) is 0 Å². The maximum atomic E-state index is 13.2. The van der Waals surface area contributed by atoms with Crippen molar-refractivity contribution in [3.05, 3.63) is 61.6 Å². The smallest absolute Gasteiger partial charge is 0.308 e. The van der Waals surface area contributed by atoms with E-state index in [4.69, 9.17) is 21.1 Å². The molecule has 0 radical (unpaired) electrons. The number of carbonyl (C=O) groups is 1. The number of fused-ring (bicyclic) bond motifs is 1. The van der Waals surface area contributed by atoms with Crippen molar-refractivity contribution in [1.82, 2.24) is 9.66 Å². The molecule has 3 aromatic rings. The minimum atomic E-state index is -0.514. The molecular formula is C22H21BrClN3O4. The van der Waals surface area contributed by atoms with Crippen LogP contribution in [0.15, 0.2) is 44.7 Å². The third-order valence-electron chi connectivity index (χ3n) is 4.71. The molecule has 0 unspecified atom stereocenters. The van der Waals surface area contributed by atoms with Crippen LogP contribution in [0.5, 0.6) is 11.5 Å². The lowest BCUT2D eigenvalue weighted by Gasteiger charge is -2.14. The van der Waals surface area contributed by atoms with Crippen LogP contribution in [0.4, 0.5) is 0 Å². The van der Waals surface area contributed by atoms with Crippen molar-refractivity contribution < 1.29 is 14.3 Å². The topological polar surface area (TPSA) is 82.8 Å². The third kappa shape index (κ3) is 4.97. The molecule has 7 nitrogen and oxygen atoms in total. The van der Waals surface area contributed by atoms with Gasteiger partial charge in [-0.25, -0.2) is 4.98 Å². The van der Waals surface area contributed by atoms with Crippen LogP contribution in [0.3, 0.4) is 0 Å². The minimum absolute atomic E-state index is 0.0161. The number of aromatic nitrogens is 2. The Bertz CT molecular complexity index is 1240. The van der Waals surface area contributed by atoms with Gasteiger partial charge in [0.05, 0.1) is 29.2 Å². The number of benzene rings is 2. The van der Waals surface area contributed by atoms with Gasteiger partial charge < -0.3 is 9.47 Å². The van der Waals surface area contributed by atoms with Crippen LogP contribution in [0.2, 0.25) is 5.02 Å². The van der Waals surface area contributed by atoms with E-state index in [9.17, 15) is 9.59 Å². The van der Waals surface area contributed by atoms with E-state index in [1.54, 1.807) is 24.3 Å². The van der Waals surface area contributed by atoms with Gasteiger partial charge in [-0.3, -0.25) is 9.59 Å². The normalized spacial score (nSPS) is 12.3. The van der Waals surface area contributed by atoms with Gasteiger partial charge in [-0.05, 0) is 42.3 Å². The Morgan fingerprint density at radius 2 is 2.10 bits per heavy atom. The highest BCUT2D eigenvalue weighted by atomic mass is 79.9. The highest BCUT2D eigenvalue weighted by molar-refractivity contribution is 9.10. The van der Waals surface area contributed by atoms with Crippen LogP contribution >= 0.6 is 27.5 Å². The second-order valence-corrected chi connectivity index (χ2v) is 8.25. The quantitative estimate of drug-likeness (QED) is 0.263. The standard InChI is InChI=1S/C22H21BrClN3O4/c1-5-12(2)21-26-18-7-6-15(23)10-16(18)22(29)27(21)25-11-14-8-17(24)20(31-13(3)28)19(9-14)30-4/h6-12H,5H2,1-4H3/t12-/m1/s1. The molecule has 1 atom stereocenters. The van der Waals surface area contributed by atoms with Crippen LogP contribution < -0.4 is 15.0 Å². The molecule has 0 amide bonds. The zero-order valence-corrected chi connectivity index (χ0v) is 19.8. The predicted molar refractivity (Wildman–Crippen MR) is 125 cm³/mol. The number of nitrogens with zero attached hydrogens (tertiary/aromatic N) is 3. The average Bonchev–Trinajstić information content (AvgIpc) is 2.74. The van der Waals surface area contributed by atoms with E-state index in [0.29, 0.717) is 22.3 Å². The van der Waals surface area contributed by atoms with E-state index >= 15 is 0 Å². The summed E-state index contributed by atoms with van der Waals surface area (Å²) in [6.07, 6.45) is 2.28. The molecule has 0 saturated carbocycles. The van der Waals surface area contributed by atoms with Crippen molar-refractivity contribution in [2.45, 2.75) is 33.1 Å². The Balaban J connectivity index is 2.14. The van der Waals surface area contributed by atoms with E-state index in [1.165, 1.54) is 24.9 Å². The molecule has 31 heavy (non-hydrogen) atoms. The summed E-state index contributed by atoms with van der Waals surface area (Å²) in [5, 5.41) is 5.06. The molecule has 3 rings (SSSR count). The lowest BCUT2D eigenvalue weighted by atomic mass is 10.1. The fraction of sp³-hybridized carbons (Fsp3) is 0.273. The molecule has 9 heteroatoms. The molecule has 162 valence electrons. The van der Waals surface area contributed by atoms with E-state index < -0.39 is 5.97 Å². The molecule has 0 fully saturated rings. The fourth-order valence-corrected chi connectivity index (χ4v) is 3.58. The van der Waals surface area contributed by atoms with Crippen LogP contribution in [0.25, 0.3) is 10.9 Å². The molecular weight excluding hydrogens is 486 g/mol. The largest absolute Gasteiger partial charge is 0.493 e. The van der Waals surface area contributed by atoms with Crippen molar-refractivity contribution >= 4 is 50.6 Å². The van der Waals surface area contributed by atoms with E-state index in [2.05, 4.69) is 26.0 Å². The van der Waals surface area contributed by atoms with Crippen LogP contribution in [0.1, 0.15) is 44.5 Å². The summed E-state index contributed by atoms with van der Waals surface area (Å²) >= 11 is 9.66. The number of methoxy groups -OCH3 is 1. The Labute approximate surface area is 192 Å². The number of hydrogen-bond acceptors (Lipinski definition) is 6. The zero-order valence-electron chi connectivity index (χ0n) is 17.5. The molecule has 0 aliphatic rings. The molecule has 2 aromatic carbocycles. The summed E-state index contributed by atoms with van der Waals surface area (Å²) < 4.78 is 12.5. The number of hydrogen-bond donors (Lipinski definition) is 0. The molecule has 1 heterocycles. The zero-order chi connectivity index (χ0) is 22.7. The molecule has 1 aromatic heterocycles. The third-order valence-corrected chi connectivity index (χ3v) is 5.48. The number of esters is 1. The summed E-state index contributed by atoms with van der Waals surface area (Å²) in [6, 6.07) is 8.57. The van der Waals surface area contributed by atoms with Gasteiger partial charge in [-0.15, -0.1) is 0 Å². The van der Waals surface area contributed by atoms with Gasteiger partial charge in [0.2, 0.25) is 0 Å². The van der Waals surface area contributed by atoms with Crippen molar-refractivity contribution in [1.29, 1.82) is 0 Å². The second-order valence-electron chi connectivity index (χ2n) is 6.93. The van der Waals surface area contributed by atoms with Gasteiger partial charge in [0, 0.05) is 17.3 Å². The van der Waals surface area contributed by atoms with E-state index in [1.807, 2.05) is 19.9 Å². The Morgan fingerprint density at radius 1 is 1.35 bits per heavy atom. The molecule has 0 spiro atoms. The van der Waals surface area contributed by atoms with Crippen molar-refractivity contribution in [2.24, 2.45) is 5.10 Å². The first-order valence-corrected chi connectivity index (χ1v) is 10.7. The Kier molecular flexibility index (Phi) is 7.12. The SMILES string of the molecule is CC[C@@H](C)c1nc2ccc(Br)cc2c(=O)n1N=Cc1cc(Cl)c(OC(C)=O)c(OC)c1. The molecule has 0 aliphatic carbocycles. The van der Waals surface area contributed by atoms with Crippen molar-refractivity contribution in [3.63, 3.8) is 0 Å². The summed E-state index contributed by atoms with van der Waals surface area (Å²) in [6.45, 7) is 5.29. The first kappa shape index (κ1) is 23.0. The monoisotopic (exact) mass is 505 g/mol. The highest BCUT2D eigenvalue weighted by Crippen LogP contribution is 2.36. The van der Waals surface area contributed by atoms with Gasteiger partial charge in [-0.2, -0.15) is 9.78 Å². The van der Waals surface area contributed by atoms with E-state index in [-0.39, 0.29) is 28.0 Å². The molecule has 0 N–H and O–H groups in total. The molecule has 0 aliphatic heterocycles. The maximum absolute atomic E-state index is 13.2. The summed E-state index contributed by atoms with van der Waals surface area (Å²) in [5.41, 5.74) is 0.909.